The van der Waals surface area contributed by atoms with Gasteiger partial charge in [-0.2, -0.15) is 0 Å². The van der Waals surface area contributed by atoms with Gasteiger partial charge < -0.3 is 9.47 Å². The Balaban J connectivity index is 1.60. The zero-order valence-electron chi connectivity index (χ0n) is 12.8. The van der Waals surface area contributed by atoms with E-state index in [-0.39, 0.29) is 13.5 Å². The molecule has 1 aliphatic carbocycles. The van der Waals surface area contributed by atoms with E-state index in [4.69, 9.17) is 10.8 Å². The van der Waals surface area contributed by atoms with Crippen LogP contribution in [0.5, 0.6) is 0 Å². The van der Waals surface area contributed by atoms with Gasteiger partial charge in [0.15, 0.2) is 0 Å². The van der Waals surface area contributed by atoms with E-state index in [9.17, 15) is 4.79 Å². The summed E-state index contributed by atoms with van der Waals surface area (Å²) in [6.07, 6.45) is 5.88. The van der Waals surface area contributed by atoms with Gasteiger partial charge in [-0.3, -0.25) is 5.32 Å². The molecule has 0 aromatic heterocycles. The zero-order chi connectivity index (χ0) is 14.9. The molecule has 0 aliphatic heterocycles. The van der Waals surface area contributed by atoms with Crippen LogP contribution in [0, 0.1) is 6.90 Å². The van der Waals surface area contributed by atoms with Crippen molar-refractivity contribution in [3.05, 3.63) is 29.8 Å². The Hall–Kier alpha value is -1.55. The number of amides is 1. The number of benzene rings is 1. The van der Waals surface area contributed by atoms with Crippen molar-refractivity contribution in [1.29, 1.82) is 0 Å². The molecule has 1 saturated carbocycles. The number of ether oxygens (including phenoxy) is 2. The number of rotatable bonds is 5. The minimum absolute atomic E-state index is 0.239. The molecule has 1 aromatic rings. The van der Waals surface area contributed by atoms with Crippen LogP contribution < -0.4 is 5.32 Å². The first kappa shape index (κ1) is 13.4. The van der Waals surface area contributed by atoms with Crippen LogP contribution in [-0.4, -0.2) is 25.4 Å². The topological polar surface area (TPSA) is 47.6 Å². The highest BCUT2D eigenvalue weighted by Crippen LogP contribution is 2.19. The van der Waals surface area contributed by atoms with Crippen LogP contribution in [0.4, 0.5) is 10.5 Å². The van der Waals surface area contributed by atoms with E-state index in [0.717, 1.165) is 18.4 Å². The summed E-state index contributed by atoms with van der Waals surface area (Å²) in [6, 6.07) is 7.16. The smallest absolute Gasteiger partial charge is 0.411 e. The highest BCUT2D eigenvalue weighted by molar-refractivity contribution is 5.84. The molecule has 0 unspecified atom stereocenters. The van der Waals surface area contributed by atoms with Crippen LogP contribution in [0.2, 0.25) is 0 Å². The third-order valence-electron chi connectivity index (χ3n) is 3.42. The van der Waals surface area contributed by atoms with Gasteiger partial charge in [-0.1, -0.05) is 37.0 Å². The quantitative estimate of drug-likeness (QED) is 0.831. The van der Waals surface area contributed by atoms with Gasteiger partial charge in [0.05, 0.1) is 12.7 Å². The summed E-state index contributed by atoms with van der Waals surface area (Å²) in [7, 11) is 0. The molecule has 0 bridgehead atoms. The molecule has 0 atom stereocenters. The van der Waals surface area contributed by atoms with Crippen molar-refractivity contribution in [3.8, 4) is 0 Å². The van der Waals surface area contributed by atoms with Crippen molar-refractivity contribution < 1.29 is 15.6 Å². The number of hydrogen-bond donors (Lipinski definition) is 1. The van der Waals surface area contributed by atoms with Crippen molar-refractivity contribution >= 4 is 11.8 Å². The fourth-order valence-electron chi connectivity index (χ4n) is 2.32. The first-order chi connectivity index (χ1) is 10.3. The Morgan fingerprint density at radius 2 is 2.00 bits per heavy atom. The maximum Gasteiger partial charge on any atom is 0.411 e. The standard InChI is InChI=1S/C16H23NO3/c1-13-7-9-14(10-8-13)17-16(18)20-12-11-19-15-5-3-2-4-6-15/h7-10,15H,2-6,11-12H2,1H3,(H,17,18)/i1D. The van der Waals surface area contributed by atoms with Gasteiger partial charge in [0.2, 0.25) is 0 Å². The Morgan fingerprint density at radius 1 is 1.25 bits per heavy atom. The molecule has 1 fully saturated rings. The van der Waals surface area contributed by atoms with Crippen molar-refractivity contribution in [3.63, 3.8) is 0 Å². The molecule has 0 radical (unpaired) electrons. The number of carbonyl (C=O) groups excluding carboxylic acids is 1. The minimum atomic E-state index is -0.471. The van der Waals surface area contributed by atoms with Crippen LogP contribution in [-0.2, 0) is 9.47 Å². The van der Waals surface area contributed by atoms with Gasteiger partial charge in [-0.05, 0) is 31.9 Å². The van der Waals surface area contributed by atoms with Crippen LogP contribution in [0.3, 0.4) is 0 Å². The number of aryl methyl sites for hydroxylation is 1. The van der Waals surface area contributed by atoms with Crippen molar-refractivity contribution in [2.75, 3.05) is 18.5 Å². The molecule has 4 nitrogen and oxygen atoms in total. The van der Waals surface area contributed by atoms with E-state index in [1.54, 1.807) is 12.1 Å². The summed E-state index contributed by atoms with van der Waals surface area (Å²) in [5.74, 6) is 0. The van der Waals surface area contributed by atoms with Crippen molar-refractivity contribution in [2.45, 2.75) is 45.1 Å². The van der Waals surface area contributed by atoms with Crippen LogP contribution in [0.15, 0.2) is 24.3 Å². The molecule has 0 spiro atoms. The molecule has 1 aliphatic rings. The van der Waals surface area contributed by atoms with Crippen LogP contribution >= 0.6 is 0 Å². The van der Waals surface area contributed by atoms with E-state index in [2.05, 4.69) is 5.32 Å². The number of hydrogen-bond acceptors (Lipinski definition) is 3. The van der Waals surface area contributed by atoms with Crippen molar-refractivity contribution in [1.82, 2.24) is 0 Å². The lowest BCUT2D eigenvalue weighted by Gasteiger charge is -2.21. The molecule has 0 saturated heterocycles. The normalized spacial score (nSPS) is 16.5. The van der Waals surface area contributed by atoms with Gasteiger partial charge in [0.1, 0.15) is 6.61 Å². The SMILES string of the molecule is [2H]Cc1ccc(NC(=O)OCCOC2CCCCC2)cc1. The van der Waals surface area contributed by atoms with E-state index < -0.39 is 6.09 Å². The van der Waals surface area contributed by atoms with Crippen LogP contribution in [0.25, 0.3) is 0 Å². The first-order valence-electron chi connectivity index (χ1n) is 7.92. The van der Waals surface area contributed by atoms with E-state index in [1.165, 1.54) is 19.3 Å². The van der Waals surface area contributed by atoms with Gasteiger partial charge in [-0.25, -0.2) is 4.79 Å². The number of carbonyl (C=O) groups is 1. The molecule has 1 amide bonds. The Labute approximate surface area is 121 Å². The molecule has 2 rings (SSSR count). The molecule has 4 heteroatoms. The minimum Gasteiger partial charge on any atom is -0.447 e. The monoisotopic (exact) mass is 278 g/mol. The summed E-state index contributed by atoms with van der Waals surface area (Å²) in [5, 5.41) is 2.65. The molecule has 1 N–H and O–H groups in total. The van der Waals surface area contributed by atoms with Gasteiger partial charge in [0, 0.05) is 7.06 Å². The average molecular weight is 278 g/mol. The van der Waals surface area contributed by atoms with Crippen molar-refractivity contribution in [2.24, 2.45) is 0 Å². The van der Waals surface area contributed by atoms with E-state index in [1.807, 2.05) is 12.1 Å². The predicted octanol–water partition coefficient (Wildman–Crippen LogP) is 3.89. The number of anilines is 1. The van der Waals surface area contributed by atoms with Gasteiger partial charge in [-0.15, -0.1) is 0 Å². The third kappa shape index (κ3) is 5.21. The highest BCUT2D eigenvalue weighted by Gasteiger charge is 2.13. The van der Waals surface area contributed by atoms with Gasteiger partial charge >= 0.3 is 6.09 Å². The maximum absolute atomic E-state index is 11.6. The Bertz CT molecular complexity index is 430. The van der Waals surface area contributed by atoms with E-state index >= 15 is 0 Å². The number of nitrogens with one attached hydrogen (secondary N) is 1. The summed E-state index contributed by atoms with van der Waals surface area (Å²) >= 11 is 0. The second-order valence-electron chi connectivity index (χ2n) is 5.09. The summed E-state index contributed by atoms with van der Waals surface area (Å²) in [4.78, 5) is 11.6. The molecular weight excluding hydrogens is 254 g/mol. The summed E-state index contributed by atoms with van der Waals surface area (Å²) < 4.78 is 18.0. The fourth-order valence-corrected chi connectivity index (χ4v) is 2.32. The Morgan fingerprint density at radius 3 is 2.70 bits per heavy atom. The largest absolute Gasteiger partial charge is 0.447 e. The second kappa shape index (κ2) is 7.90. The van der Waals surface area contributed by atoms with E-state index in [0.29, 0.717) is 18.4 Å². The van der Waals surface area contributed by atoms with Crippen LogP contribution in [0.1, 0.15) is 39.0 Å². The summed E-state index contributed by atoms with van der Waals surface area (Å²) in [6.45, 7) is 0.965. The molecule has 110 valence electrons. The Kier molecular flexibility index (Phi) is 5.31. The average Bonchev–Trinajstić information content (AvgIpc) is 2.53. The lowest BCUT2D eigenvalue weighted by atomic mass is 9.98. The lowest BCUT2D eigenvalue weighted by Crippen LogP contribution is -2.21. The summed E-state index contributed by atoms with van der Waals surface area (Å²) in [5.41, 5.74) is 1.58. The molecule has 0 heterocycles. The molecular formula is C16H23NO3. The highest BCUT2D eigenvalue weighted by atomic mass is 16.6. The maximum atomic E-state index is 11.6. The third-order valence-corrected chi connectivity index (χ3v) is 3.42. The zero-order valence-corrected chi connectivity index (χ0v) is 11.8. The first-order valence-corrected chi connectivity index (χ1v) is 7.21. The van der Waals surface area contributed by atoms with Gasteiger partial charge in [0.25, 0.3) is 0 Å². The second-order valence-corrected chi connectivity index (χ2v) is 5.09. The molecule has 20 heavy (non-hydrogen) atoms. The fraction of sp³-hybridized carbons (Fsp3) is 0.562. The molecule has 1 aromatic carbocycles. The lowest BCUT2D eigenvalue weighted by molar-refractivity contribution is 0.00583. The predicted molar refractivity (Wildman–Crippen MR) is 79.0 cm³/mol.